The summed E-state index contributed by atoms with van der Waals surface area (Å²) in [5.41, 5.74) is 0. The van der Waals surface area contributed by atoms with Gasteiger partial charge in [0.15, 0.2) is 0 Å². The van der Waals surface area contributed by atoms with Crippen molar-refractivity contribution in [3.8, 4) is 0 Å². The smallest absolute Gasteiger partial charge is 0.227 e. The van der Waals surface area contributed by atoms with Gasteiger partial charge in [-0.25, -0.2) is 13.4 Å². The Hall–Kier alpha value is -0.840. The molecule has 14 heavy (non-hydrogen) atoms. The highest BCUT2D eigenvalue weighted by molar-refractivity contribution is 7.90. The van der Waals surface area contributed by atoms with Crippen LogP contribution in [0.4, 0.5) is 0 Å². The Morgan fingerprint density at radius 1 is 1.50 bits per heavy atom. The lowest BCUT2D eigenvalue weighted by Gasteiger charge is -2.07. The van der Waals surface area contributed by atoms with Crippen molar-refractivity contribution < 1.29 is 8.42 Å². The van der Waals surface area contributed by atoms with E-state index in [9.17, 15) is 8.42 Å². The van der Waals surface area contributed by atoms with Gasteiger partial charge in [0.25, 0.3) is 0 Å². The fourth-order valence-electron chi connectivity index (χ4n) is 1.19. The Balaban J connectivity index is 2.84. The Kier molecular flexibility index (Phi) is 3.31. The molecular formula is C9H16N2O2S. The topological polar surface area (TPSA) is 52.0 Å². The van der Waals surface area contributed by atoms with Crippen molar-refractivity contribution in [1.29, 1.82) is 0 Å². The first-order valence-electron chi connectivity index (χ1n) is 4.62. The molecule has 0 N–H and O–H groups in total. The zero-order valence-corrected chi connectivity index (χ0v) is 9.58. The maximum atomic E-state index is 11.3. The molecule has 0 radical (unpaired) electrons. The van der Waals surface area contributed by atoms with Crippen LogP contribution in [0.3, 0.4) is 0 Å². The molecule has 4 nitrogen and oxygen atoms in total. The minimum absolute atomic E-state index is 0.165. The molecular weight excluding hydrogens is 200 g/mol. The van der Waals surface area contributed by atoms with Gasteiger partial charge in [0.2, 0.25) is 15.0 Å². The summed E-state index contributed by atoms with van der Waals surface area (Å²) in [4.78, 5) is 3.84. The molecule has 0 atom stereocenters. The molecule has 0 saturated heterocycles. The van der Waals surface area contributed by atoms with Gasteiger partial charge in [-0.1, -0.05) is 13.8 Å². The molecule has 0 aliphatic heterocycles. The van der Waals surface area contributed by atoms with Gasteiger partial charge in [-0.3, -0.25) is 0 Å². The monoisotopic (exact) mass is 216 g/mol. The lowest BCUT2D eigenvalue weighted by Crippen LogP contribution is -2.10. The van der Waals surface area contributed by atoms with Crippen LogP contribution in [-0.4, -0.2) is 24.2 Å². The summed E-state index contributed by atoms with van der Waals surface area (Å²) in [5.74, 6) is 0.560. The summed E-state index contributed by atoms with van der Waals surface area (Å²) in [6.07, 6.45) is 5.37. The van der Waals surface area contributed by atoms with Gasteiger partial charge in [-0.05, 0) is 12.3 Å². The van der Waals surface area contributed by atoms with Gasteiger partial charge in [0, 0.05) is 25.2 Å². The second kappa shape index (κ2) is 4.13. The van der Waals surface area contributed by atoms with Gasteiger partial charge in [-0.15, -0.1) is 0 Å². The summed E-state index contributed by atoms with van der Waals surface area (Å²) in [7, 11) is -3.19. The van der Waals surface area contributed by atoms with Gasteiger partial charge >= 0.3 is 0 Å². The summed E-state index contributed by atoms with van der Waals surface area (Å²) < 4.78 is 24.2. The highest BCUT2D eigenvalue weighted by Gasteiger charge is 2.13. The van der Waals surface area contributed by atoms with Crippen LogP contribution in [0, 0.1) is 5.92 Å². The summed E-state index contributed by atoms with van der Waals surface area (Å²) in [6, 6.07) is 0. The number of rotatable bonds is 4. The van der Waals surface area contributed by atoms with Crippen molar-refractivity contribution >= 4 is 9.84 Å². The minimum atomic E-state index is -3.19. The molecule has 0 bridgehead atoms. The fraction of sp³-hybridized carbons (Fsp3) is 0.667. The molecule has 5 heteroatoms. The van der Waals surface area contributed by atoms with Crippen LogP contribution in [0.1, 0.15) is 20.3 Å². The van der Waals surface area contributed by atoms with E-state index < -0.39 is 9.84 Å². The summed E-state index contributed by atoms with van der Waals surface area (Å²) in [5, 5.41) is 0.165. The van der Waals surface area contributed by atoms with Crippen LogP contribution >= 0.6 is 0 Å². The Morgan fingerprint density at radius 2 is 2.14 bits per heavy atom. The van der Waals surface area contributed by atoms with Gasteiger partial charge in [-0.2, -0.15) is 0 Å². The highest BCUT2D eigenvalue weighted by atomic mass is 32.2. The van der Waals surface area contributed by atoms with E-state index in [1.54, 1.807) is 10.8 Å². The van der Waals surface area contributed by atoms with Crippen molar-refractivity contribution in [1.82, 2.24) is 9.55 Å². The Labute approximate surface area is 84.9 Å². The van der Waals surface area contributed by atoms with E-state index in [1.807, 2.05) is 0 Å². The molecule has 0 aromatic carbocycles. The van der Waals surface area contributed by atoms with E-state index in [-0.39, 0.29) is 5.16 Å². The average molecular weight is 216 g/mol. The molecule has 0 aliphatic rings. The predicted molar refractivity (Wildman–Crippen MR) is 54.8 cm³/mol. The third-order valence-corrected chi connectivity index (χ3v) is 2.96. The van der Waals surface area contributed by atoms with Crippen LogP contribution in [0.5, 0.6) is 0 Å². The number of aryl methyl sites for hydroxylation is 1. The van der Waals surface area contributed by atoms with E-state index in [2.05, 4.69) is 18.8 Å². The highest BCUT2D eigenvalue weighted by Crippen LogP contribution is 2.09. The largest absolute Gasteiger partial charge is 0.322 e. The first-order chi connectivity index (χ1) is 6.41. The molecule has 1 rings (SSSR count). The maximum absolute atomic E-state index is 11.3. The van der Waals surface area contributed by atoms with E-state index in [4.69, 9.17) is 0 Å². The fourth-order valence-corrected chi connectivity index (χ4v) is 2.02. The molecule has 0 saturated carbocycles. The molecule has 0 amide bonds. The molecule has 0 aliphatic carbocycles. The maximum Gasteiger partial charge on any atom is 0.227 e. The molecule has 1 aromatic rings. The Bertz CT molecular complexity index is 393. The SMILES string of the molecule is CC(C)CCn1ccnc1S(C)(=O)=O. The van der Waals surface area contributed by atoms with Crippen LogP contribution in [0.15, 0.2) is 17.6 Å². The van der Waals surface area contributed by atoms with Crippen molar-refractivity contribution in [2.24, 2.45) is 5.92 Å². The van der Waals surface area contributed by atoms with E-state index in [1.165, 1.54) is 12.5 Å². The summed E-state index contributed by atoms with van der Waals surface area (Å²) in [6.45, 7) is 4.92. The molecule has 1 heterocycles. The zero-order valence-electron chi connectivity index (χ0n) is 8.77. The van der Waals surface area contributed by atoms with Gasteiger partial charge in [0.05, 0.1) is 0 Å². The van der Waals surface area contributed by atoms with E-state index in [0.717, 1.165) is 6.42 Å². The first kappa shape index (κ1) is 11.2. The second-order valence-electron chi connectivity index (χ2n) is 3.86. The molecule has 0 spiro atoms. The molecule has 80 valence electrons. The number of nitrogens with zero attached hydrogens (tertiary/aromatic N) is 2. The lowest BCUT2D eigenvalue weighted by atomic mass is 10.1. The lowest BCUT2D eigenvalue weighted by molar-refractivity contribution is 0.487. The van der Waals surface area contributed by atoms with E-state index in [0.29, 0.717) is 12.5 Å². The number of aromatic nitrogens is 2. The van der Waals surface area contributed by atoms with Crippen LogP contribution in [0.2, 0.25) is 0 Å². The normalized spacial score (nSPS) is 12.3. The number of hydrogen-bond acceptors (Lipinski definition) is 3. The van der Waals surface area contributed by atoms with Gasteiger partial charge in [0.1, 0.15) is 0 Å². The number of imidazole rings is 1. The quantitative estimate of drug-likeness (QED) is 0.763. The van der Waals surface area contributed by atoms with Crippen LogP contribution in [0.25, 0.3) is 0 Å². The average Bonchev–Trinajstić information content (AvgIpc) is 2.46. The predicted octanol–water partition coefficient (Wildman–Crippen LogP) is 1.33. The molecule has 0 fully saturated rings. The van der Waals surface area contributed by atoms with E-state index >= 15 is 0 Å². The van der Waals surface area contributed by atoms with Crippen molar-refractivity contribution in [2.75, 3.05) is 6.26 Å². The Morgan fingerprint density at radius 3 is 2.64 bits per heavy atom. The first-order valence-corrected chi connectivity index (χ1v) is 6.51. The molecule has 0 unspecified atom stereocenters. The standard InChI is InChI=1S/C9H16N2O2S/c1-8(2)4-6-11-7-5-10-9(11)14(3,12)13/h5,7-8H,4,6H2,1-3H3. The van der Waals surface area contributed by atoms with Crippen molar-refractivity contribution in [3.63, 3.8) is 0 Å². The minimum Gasteiger partial charge on any atom is -0.322 e. The van der Waals surface area contributed by atoms with Crippen LogP contribution < -0.4 is 0 Å². The van der Waals surface area contributed by atoms with Gasteiger partial charge < -0.3 is 4.57 Å². The second-order valence-corrected chi connectivity index (χ2v) is 5.77. The third-order valence-electron chi connectivity index (χ3n) is 1.96. The van der Waals surface area contributed by atoms with Crippen LogP contribution in [-0.2, 0) is 16.4 Å². The number of sulfone groups is 1. The number of hydrogen-bond donors (Lipinski definition) is 0. The zero-order chi connectivity index (χ0) is 10.8. The van der Waals surface area contributed by atoms with Crippen molar-refractivity contribution in [3.05, 3.63) is 12.4 Å². The molecule has 1 aromatic heterocycles. The third kappa shape index (κ3) is 2.83. The summed E-state index contributed by atoms with van der Waals surface area (Å²) >= 11 is 0. The van der Waals surface area contributed by atoms with Crippen molar-refractivity contribution in [2.45, 2.75) is 32.0 Å².